The summed E-state index contributed by atoms with van der Waals surface area (Å²) in [4.78, 5) is 3.98. The lowest BCUT2D eigenvalue weighted by Gasteiger charge is -2.09. The van der Waals surface area contributed by atoms with E-state index in [9.17, 15) is 4.39 Å². The molecule has 2 nitrogen and oxygen atoms in total. The fourth-order valence-corrected chi connectivity index (χ4v) is 1.98. The molecule has 82 valence electrons. The van der Waals surface area contributed by atoms with Crippen LogP contribution < -0.4 is 5.73 Å². The van der Waals surface area contributed by atoms with E-state index in [-0.39, 0.29) is 5.82 Å². The summed E-state index contributed by atoms with van der Waals surface area (Å²) in [6, 6.07) is 6.58. The van der Waals surface area contributed by atoms with Gasteiger partial charge >= 0.3 is 0 Å². The maximum atomic E-state index is 13.7. The average Bonchev–Trinajstić information content (AvgIpc) is 2.23. The molecule has 0 atom stereocenters. The Hall–Kier alpha value is -1.42. The van der Waals surface area contributed by atoms with E-state index in [0.29, 0.717) is 16.9 Å². The van der Waals surface area contributed by atoms with Crippen LogP contribution in [0.4, 0.5) is 10.2 Å². The van der Waals surface area contributed by atoms with E-state index in [4.69, 9.17) is 5.73 Å². The molecule has 1 aromatic heterocycles. The van der Waals surface area contributed by atoms with Gasteiger partial charge in [0.1, 0.15) is 11.6 Å². The summed E-state index contributed by atoms with van der Waals surface area (Å²) in [5, 5.41) is 0. The molecule has 0 aliphatic heterocycles. The molecule has 0 fully saturated rings. The number of pyridine rings is 1. The second-order valence-corrected chi connectivity index (χ2v) is 4.43. The van der Waals surface area contributed by atoms with E-state index >= 15 is 0 Å². The highest BCUT2D eigenvalue weighted by Gasteiger charge is 2.12. The first-order chi connectivity index (χ1) is 7.59. The van der Waals surface area contributed by atoms with Gasteiger partial charge < -0.3 is 5.73 Å². The first kappa shape index (κ1) is 11.1. The molecule has 0 aliphatic rings. The van der Waals surface area contributed by atoms with Gasteiger partial charge in [-0.15, -0.1) is 0 Å². The molecule has 0 amide bonds. The first-order valence-electron chi connectivity index (χ1n) is 4.76. The van der Waals surface area contributed by atoms with Crippen LogP contribution in [0.25, 0.3) is 11.1 Å². The van der Waals surface area contributed by atoms with E-state index in [0.717, 1.165) is 10.0 Å². The van der Waals surface area contributed by atoms with Crippen molar-refractivity contribution in [2.24, 2.45) is 0 Å². The SMILES string of the molecule is Cc1ccnc(N)c1-c1cc(Br)ccc1F. The number of nitrogens with two attached hydrogens (primary N) is 1. The maximum absolute atomic E-state index is 13.7. The number of aromatic nitrogens is 1. The largest absolute Gasteiger partial charge is 0.383 e. The Bertz CT molecular complexity index is 520. The lowest BCUT2D eigenvalue weighted by Crippen LogP contribution is -1.97. The topological polar surface area (TPSA) is 38.9 Å². The molecule has 1 heterocycles. The smallest absolute Gasteiger partial charge is 0.131 e. The average molecular weight is 281 g/mol. The number of aryl methyl sites for hydroxylation is 1. The zero-order chi connectivity index (χ0) is 11.7. The quantitative estimate of drug-likeness (QED) is 0.868. The maximum Gasteiger partial charge on any atom is 0.131 e. The van der Waals surface area contributed by atoms with Crippen LogP contribution in [0, 0.1) is 12.7 Å². The monoisotopic (exact) mass is 280 g/mol. The lowest BCUT2D eigenvalue weighted by atomic mass is 10.0. The molecule has 0 unspecified atom stereocenters. The van der Waals surface area contributed by atoms with Gasteiger partial charge in [0.05, 0.1) is 0 Å². The molecule has 0 spiro atoms. The zero-order valence-electron chi connectivity index (χ0n) is 8.67. The van der Waals surface area contributed by atoms with Crippen molar-refractivity contribution in [2.75, 3.05) is 5.73 Å². The number of halogens is 2. The van der Waals surface area contributed by atoms with Gasteiger partial charge in [0.15, 0.2) is 0 Å². The minimum absolute atomic E-state index is 0.300. The second-order valence-electron chi connectivity index (χ2n) is 3.51. The summed E-state index contributed by atoms with van der Waals surface area (Å²) in [5.41, 5.74) is 7.81. The molecule has 0 saturated heterocycles. The Labute approximate surface area is 101 Å². The number of hydrogen-bond donors (Lipinski definition) is 1. The van der Waals surface area contributed by atoms with Crippen molar-refractivity contribution in [3.63, 3.8) is 0 Å². The Kier molecular flexibility index (Phi) is 2.92. The second kappa shape index (κ2) is 4.22. The molecule has 0 bridgehead atoms. The summed E-state index contributed by atoms with van der Waals surface area (Å²) in [7, 11) is 0. The summed E-state index contributed by atoms with van der Waals surface area (Å²) >= 11 is 3.31. The molecule has 16 heavy (non-hydrogen) atoms. The van der Waals surface area contributed by atoms with E-state index < -0.39 is 0 Å². The fraction of sp³-hybridized carbons (Fsp3) is 0.0833. The molecule has 2 aromatic rings. The van der Waals surface area contributed by atoms with Gasteiger partial charge in [0.25, 0.3) is 0 Å². The standard InChI is InChI=1S/C12H10BrFN2/c1-7-4-5-16-12(15)11(7)9-6-8(13)2-3-10(9)14/h2-6H,1H3,(H2,15,16). The van der Waals surface area contributed by atoms with Crippen molar-refractivity contribution in [2.45, 2.75) is 6.92 Å². The summed E-state index contributed by atoms with van der Waals surface area (Å²) in [6.07, 6.45) is 1.62. The minimum atomic E-state index is -0.300. The number of benzene rings is 1. The number of anilines is 1. The molecule has 0 radical (unpaired) electrons. The molecule has 1 aromatic carbocycles. The van der Waals surface area contributed by atoms with Crippen LogP contribution in [0.15, 0.2) is 34.9 Å². The van der Waals surface area contributed by atoms with Gasteiger partial charge in [-0.05, 0) is 36.8 Å². The Balaban J connectivity index is 2.72. The number of rotatable bonds is 1. The Morgan fingerprint density at radius 1 is 1.31 bits per heavy atom. The number of hydrogen-bond acceptors (Lipinski definition) is 2. The molecule has 2 rings (SSSR count). The van der Waals surface area contributed by atoms with Crippen LogP contribution in [0.3, 0.4) is 0 Å². The normalized spacial score (nSPS) is 10.4. The fourth-order valence-electron chi connectivity index (χ4n) is 1.62. The molecular formula is C12H10BrFN2. The summed E-state index contributed by atoms with van der Waals surface area (Å²) in [5.74, 6) is 0.0444. The van der Waals surface area contributed by atoms with Gasteiger partial charge in [0.2, 0.25) is 0 Å². The van der Waals surface area contributed by atoms with Gasteiger partial charge in [0, 0.05) is 21.8 Å². The van der Waals surface area contributed by atoms with Crippen molar-refractivity contribution in [1.29, 1.82) is 0 Å². The Morgan fingerprint density at radius 2 is 2.06 bits per heavy atom. The van der Waals surface area contributed by atoms with Crippen molar-refractivity contribution >= 4 is 21.7 Å². The van der Waals surface area contributed by atoms with E-state index in [1.807, 2.05) is 13.0 Å². The molecule has 4 heteroatoms. The van der Waals surface area contributed by atoms with Crippen LogP contribution in [-0.4, -0.2) is 4.98 Å². The van der Waals surface area contributed by atoms with E-state index in [1.54, 1.807) is 18.3 Å². The minimum Gasteiger partial charge on any atom is -0.383 e. The highest BCUT2D eigenvalue weighted by molar-refractivity contribution is 9.10. The zero-order valence-corrected chi connectivity index (χ0v) is 10.3. The number of nitrogens with zero attached hydrogens (tertiary/aromatic N) is 1. The first-order valence-corrected chi connectivity index (χ1v) is 5.55. The third-order valence-electron chi connectivity index (χ3n) is 2.39. The van der Waals surface area contributed by atoms with Crippen molar-refractivity contribution in [3.8, 4) is 11.1 Å². The molecular weight excluding hydrogens is 271 g/mol. The Morgan fingerprint density at radius 3 is 2.75 bits per heavy atom. The lowest BCUT2D eigenvalue weighted by molar-refractivity contribution is 0.631. The van der Waals surface area contributed by atoms with Crippen molar-refractivity contribution in [1.82, 2.24) is 4.98 Å². The third-order valence-corrected chi connectivity index (χ3v) is 2.88. The molecule has 2 N–H and O–H groups in total. The highest BCUT2D eigenvalue weighted by atomic mass is 79.9. The summed E-state index contributed by atoms with van der Waals surface area (Å²) < 4.78 is 14.5. The van der Waals surface area contributed by atoms with E-state index in [2.05, 4.69) is 20.9 Å². The van der Waals surface area contributed by atoms with Crippen molar-refractivity contribution < 1.29 is 4.39 Å². The van der Waals surface area contributed by atoms with Crippen molar-refractivity contribution in [3.05, 3.63) is 46.3 Å². The van der Waals surface area contributed by atoms with Gasteiger partial charge in [-0.2, -0.15) is 0 Å². The van der Waals surface area contributed by atoms with Crippen LogP contribution in [0.5, 0.6) is 0 Å². The molecule has 0 saturated carbocycles. The number of nitrogen functional groups attached to an aromatic ring is 1. The van der Waals surface area contributed by atoms with Crippen LogP contribution in [0.2, 0.25) is 0 Å². The van der Waals surface area contributed by atoms with Gasteiger partial charge in [-0.25, -0.2) is 9.37 Å². The van der Waals surface area contributed by atoms with E-state index in [1.165, 1.54) is 6.07 Å². The summed E-state index contributed by atoms with van der Waals surface area (Å²) in [6.45, 7) is 1.88. The van der Waals surface area contributed by atoms with Gasteiger partial charge in [-0.1, -0.05) is 15.9 Å². The predicted molar refractivity (Wildman–Crippen MR) is 66.5 cm³/mol. The van der Waals surface area contributed by atoms with Crippen LogP contribution in [-0.2, 0) is 0 Å². The predicted octanol–water partition coefficient (Wildman–Crippen LogP) is 3.54. The molecule has 0 aliphatic carbocycles. The van der Waals surface area contributed by atoms with Crippen LogP contribution in [0.1, 0.15) is 5.56 Å². The third kappa shape index (κ3) is 1.93. The van der Waals surface area contributed by atoms with Gasteiger partial charge in [-0.3, -0.25) is 0 Å². The highest BCUT2D eigenvalue weighted by Crippen LogP contribution is 2.31. The van der Waals surface area contributed by atoms with Crippen LogP contribution >= 0.6 is 15.9 Å².